The predicted octanol–water partition coefficient (Wildman–Crippen LogP) is 1.58. The molecule has 4 heteroatoms. The number of carbonyl (C=O) groups is 1. The lowest BCUT2D eigenvalue weighted by Gasteiger charge is -2.52. The molecule has 0 aromatic carbocycles. The fraction of sp³-hybridized carbons (Fsp3) is 0.812. The number of hydrogen-bond donors (Lipinski definition) is 0. The SMILES string of the molecule is CCC=CCC(=O)N1CCN(C)C2(CCN(C)CC2)C1. The minimum absolute atomic E-state index is 0.217. The molecular formula is C16H29N3O. The van der Waals surface area contributed by atoms with Gasteiger partial charge in [0.2, 0.25) is 5.91 Å². The van der Waals surface area contributed by atoms with E-state index in [1.165, 1.54) is 12.8 Å². The summed E-state index contributed by atoms with van der Waals surface area (Å²) < 4.78 is 0. The second-order valence-electron chi connectivity index (χ2n) is 6.35. The van der Waals surface area contributed by atoms with E-state index in [2.05, 4.69) is 41.8 Å². The third kappa shape index (κ3) is 3.41. The lowest BCUT2D eigenvalue weighted by atomic mass is 9.84. The molecule has 2 heterocycles. The fourth-order valence-electron chi connectivity index (χ4n) is 3.33. The van der Waals surface area contributed by atoms with E-state index in [1.807, 2.05) is 6.08 Å². The van der Waals surface area contributed by atoms with Gasteiger partial charge >= 0.3 is 0 Å². The molecule has 0 unspecified atom stereocenters. The molecule has 2 aliphatic heterocycles. The molecule has 2 saturated heterocycles. The van der Waals surface area contributed by atoms with Crippen LogP contribution in [0, 0.1) is 0 Å². The van der Waals surface area contributed by atoms with Crippen LogP contribution in [0.5, 0.6) is 0 Å². The van der Waals surface area contributed by atoms with Crippen LogP contribution in [0.1, 0.15) is 32.6 Å². The Kier molecular flexibility index (Phi) is 5.22. The predicted molar refractivity (Wildman–Crippen MR) is 82.7 cm³/mol. The van der Waals surface area contributed by atoms with Gasteiger partial charge in [-0.2, -0.15) is 0 Å². The lowest BCUT2D eigenvalue weighted by Crippen LogP contribution is -2.64. The number of amides is 1. The molecule has 114 valence electrons. The van der Waals surface area contributed by atoms with E-state index in [-0.39, 0.29) is 5.54 Å². The molecular weight excluding hydrogens is 250 g/mol. The van der Waals surface area contributed by atoms with Gasteiger partial charge in [0.1, 0.15) is 0 Å². The number of carbonyl (C=O) groups excluding carboxylic acids is 1. The Labute approximate surface area is 123 Å². The van der Waals surface area contributed by atoms with Crippen molar-refractivity contribution in [3.8, 4) is 0 Å². The van der Waals surface area contributed by atoms with Crippen molar-refractivity contribution in [3.05, 3.63) is 12.2 Å². The zero-order chi connectivity index (χ0) is 14.6. The van der Waals surface area contributed by atoms with Crippen LogP contribution in [-0.4, -0.2) is 73.0 Å². The average molecular weight is 279 g/mol. The molecule has 4 nitrogen and oxygen atoms in total. The van der Waals surface area contributed by atoms with Crippen molar-refractivity contribution in [3.63, 3.8) is 0 Å². The highest BCUT2D eigenvalue weighted by atomic mass is 16.2. The number of nitrogens with zero attached hydrogens (tertiary/aromatic N) is 3. The molecule has 0 aromatic rings. The normalized spacial score (nSPS) is 24.6. The van der Waals surface area contributed by atoms with Gasteiger partial charge in [0.15, 0.2) is 0 Å². The van der Waals surface area contributed by atoms with Crippen molar-refractivity contribution >= 4 is 5.91 Å². The molecule has 2 aliphatic rings. The molecule has 2 rings (SSSR count). The van der Waals surface area contributed by atoms with Gasteiger partial charge in [0, 0.05) is 31.6 Å². The molecule has 0 N–H and O–H groups in total. The number of allylic oxidation sites excluding steroid dienone is 1. The minimum Gasteiger partial charge on any atom is -0.339 e. The van der Waals surface area contributed by atoms with Gasteiger partial charge in [0.25, 0.3) is 0 Å². The van der Waals surface area contributed by atoms with Gasteiger partial charge in [-0.1, -0.05) is 19.1 Å². The van der Waals surface area contributed by atoms with Crippen LogP contribution in [0.15, 0.2) is 12.2 Å². The van der Waals surface area contributed by atoms with Crippen molar-refractivity contribution in [2.24, 2.45) is 0 Å². The summed E-state index contributed by atoms with van der Waals surface area (Å²) in [7, 11) is 4.41. The number of hydrogen-bond acceptors (Lipinski definition) is 3. The monoisotopic (exact) mass is 279 g/mol. The Hall–Kier alpha value is -0.870. The standard InChI is InChI=1S/C16H29N3O/c1-4-5-6-7-15(20)19-13-12-18(3)16(14-19)8-10-17(2)11-9-16/h5-6H,4,7-14H2,1-3H3. The Bertz CT molecular complexity index is 359. The van der Waals surface area contributed by atoms with Crippen molar-refractivity contribution in [2.45, 2.75) is 38.1 Å². The maximum Gasteiger partial charge on any atom is 0.226 e. The number of piperidine rings is 1. The van der Waals surface area contributed by atoms with Crippen LogP contribution < -0.4 is 0 Å². The highest BCUT2D eigenvalue weighted by molar-refractivity contribution is 5.78. The molecule has 1 amide bonds. The average Bonchev–Trinajstić information content (AvgIpc) is 2.45. The van der Waals surface area contributed by atoms with Gasteiger partial charge in [-0.3, -0.25) is 9.69 Å². The quantitative estimate of drug-likeness (QED) is 0.734. The molecule has 1 spiro atoms. The van der Waals surface area contributed by atoms with Crippen LogP contribution >= 0.6 is 0 Å². The second-order valence-corrected chi connectivity index (χ2v) is 6.35. The van der Waals surface area contributed by atoms with Crippen molar-refractivity contribution < 1.29 is 4.79 Å². The Morgan fingerprint density at radius 3 is 2.45 bits per heavy atom. The minimum atomic E-state index is 0.217. The molecule has 0 saturated carbocycles. The Morgan fingerprint density at radius 2 is 1.80 bits per heavy atom. The number of rotatable bonds is 3. The topological polar surface area (TPSA) is 26.8 Å². The molecule has 20 heavy (non-hydrogen) atoms. The summed E-state index contributed by atoms with van der Waals surface area (Å²) in [4.78, 5) is 19.3. The number of piperazine rings is 1. The van der Waals surface area contributed by atoms with Crippen LogP contribution in [0.3, 0.4) is 0 Å². The van der Waals surface area contributed by atoms with Gasteiger partial charge < -0.3 is 9.80 Å². The summed E-state index contributed by atoms with van der Waals surface area (Å²) in [5.74, 6) is 0.293. The second kappa shape index (κ2) is 6.72. The first-order chi connectivity index (χ1) is 9.57. The van der Waals surface area contributed by atoms with Crippen molar-refractivity contribution in [2.75, 3.05) is 46.8 Å². The first-order valence-corrected chi connectivity index (χ1v) is 7.90. The van der Waals surface area contributed by atoms with Crippen molar-refractivity contribution in [1.29, 1.82) is 0 Å². The summed E-state index contributed by atoms with van der Waals surface area (Å²) in [5, 5.41) is 0. The third-order valence-corrected chi connectivity index (χ3v) is 4.97. The van der Waals surface area contributed by atoms with E-state index in [1.54, 1.807) is 0 Å². The molecule has 2 fully saturated rings. The van der Waals surface area contributed by atoms with Gasteiger partial charge in [0.05, 0.1) is 0 Å². The summed E-state index contributed by atoms with van der Waals surface area (Å²) in [6.45, 7) is 7.19. The summed E-state index contributed by atoms with van der Waals surface area (Å²) in [6.07, 6.45) is 8.02. The van der Waals surface area contributed by atoms with E-state index in [0.29, 0.717) is 12.3 Å². The smallest absolute Gasteiger partial charge is 0.226 e. The van der Waals surface area contributed by atoms with E-state index in [4.69, 9.17) is 0 Å². The number of likely N-dealkylation sites (tertiary alicyclic amines) is 1. The fourth-order valence-corrected chi connectivity index (χ4v) is 3.33. The Balaban J connectivity index is 1.97. The van der Waals surface area contributed by atoms with Crippen LogP contribution in [0.25, 0.3) is 0 Å². The molecule has 0 aliphatic carbocycles. The number of likely N-dealkylation sites (N-methyl/N-ethyl adjacent to an activating group) is 1. The zero-order valence-corrected chi connectivity index (χ0v) is 13.3. The zero-order valence-electron chi connectivity index (χ0n) is 13.3. The summed E-state index contributed by atoms with van der Waals surface area (Å²) in [6, 6.07) is 0. The van der Waals surface area contributed by atoms with Crippen LogP contribution in [0.2, 0.25) is 0 Å². The third-order valence-electron chi connectivity index (χ3n) is 4.97. The lowest BCUT2D eigenvalue weighted by molar-refractivity contribution is -0.137. The maximum atomic E-state index is 12.3. The van der Waals surface area contributed by atoms with Gasteiger partial charge in [-0.15, -0.1) is 0 Å². The Morgan fingerprint density at radius 1 is 1.10 bits per heavy atom. The van der Waals surface area contributed by atoms with E-state index in [9.17, 15) is 4.79 Å². The molecule has 0 bridgehead atoms. The van der Waals surface area contributed by atoms with E-state index >= 15 is 0 Å². The molecule has 0 radical (unpaired) electrons. The van der Waals surface area contributed by atoms with Gasteiger partial charge in [-0.05, 0) is 46.4 Å². The summed E-state index contributed by atoms with van der Waals surface area (Å²) >= 11 is 0. The highest BCUT2D eigenvalue weighted by Gasteiger charge is 2.42. The van der Waals surface area contributed by atoms with Crippen LogP contribution in [0.4, 0.5) is 0 Å². The van der Waals surface area contributed by atoms with E-state index < -0.39 is 0 Å². The molecule has 0 aromatic heterocycles. The summed E-state index contributed by atoms with van der Waals surface area (Å²) in [5.41, 5.74) is 0.217. The largest absolute Gasteiger partial charge is 0.339 e. The van der Waals surface area contributed by atoms with Crippen molar-refractivity contribution in [1.82, 2.24) is 14.7 Å². The van der Waals surface area contributed by atoms with E-state index in [0.717, 1.165) is 39.1 Å². The van der Waals surface area contributed by atoms with Crippen LogP contribution in [-0.2, 0) is 4.79 Å². The highest BCUT2D eigenvalue weighted by Crippen LogP contribution is 2.31. The first kappa shape index (κ1) is 15.5. The first-order valence-electron chi connectivity index (χ1n) is 7.90. The molecule has 0 atom stereocenters. The maximum absolute atomic E-state index is 12.3. The van der Waals surface area contributed by atoms with Gasteiger partial charge in [-0.25, -0.2) is 0 Å².